The standard InChI is InChI=1S/C15H19N3O/c1-9-5-6-10(15(2,3)4)7-11(9)12-8-17-14(18-12)13(16)19/h5-8H,1-4H3,(H2,16,19)(H,17,18). The number of carbonyl (C=O) groups is 1. The van der Waals surface area contributed by atoms with Crippen molar-refractivity contribution in [3.63, 3.8) is 0 Å². The number of hydrogen-bond donors (Lipinski definition) is 2. The predicted octanol–water partition coefficient (Wildman–Crippen LogP) is 2.78. The molecule has 0 radical (unpaired) electrons. The third kappa shape index (κ3) is 2.67. The molecule has 1 heterocycles. The second-order valence-electron chi connectivity index (χ2n) is 5.79. The summed E-state index contributed by atoms with van der Waals surface area (Å²) in [5, 5.41) is 0. The van der Waals surface area contributed by atoms with E-state index in [4.69, 9.17) is 5.73 Å². The Bertz CT molecular complexity index is 621. The molecule has 3 N–H and O–H groups in total. The summed E-state index contributed by atoms with van der Waals surface area (Å²) in [6, 6.07) is 6.35. The van der Waals surface area contributed by atoms with E-state index in [1.807, 2.05) is 6.92 Å². The highest BCUT2D eigenvalue weighted by Crippen LogP contribution is 2.29. The number of imidazole rings is 1. The third-order valence-electron chi connectivity index (χ3n) is 3.20. The van der Waals surface area contributed by atoms with Gasteiger partial charge in [0.15, 0.2) is 5.82 Å². The molecule has 19 heavy (non-hydrogen) atoms. The zero-order valence-corrected chi connectivity index (χ0v) is 11.7. The van der Waals surface area contributed by atoms with Gasteiger partial charge in [-0.15, -0.1) is 0 Å². The van der Waals surface area contributed by atoms with Gasteiger partial charge in [-0.3, -0.25) is 4.79 Å². The van der Waals surface area contributed by atoms with Crippen LogP contribution in [0.15, 0.2) is 24.4 Å². The van der Waals surface area contributed by atoms with Crippen molar-refractivity contribution < 1.29 is 4.79 Å². The molecule has 0 saturated carbocycles. The SMILES string of the molecule is Cc1ccc(C(C)(C)C)cc1-c1cnc(C(N)=O)[nH]1. The van der Waals surface area contributed by atoms with Gasteiger partial charge in [-0.25, -0.2) is 4.98 Å². The molecule has 0 saturated heterocycles. The molecule has 2 aromatic rings. The lowest BCUT2D eigenvalue weighted by Crippen LogP contribution is -2.12. The van der Waals surface area contributed by atoms with E-state index in [1.165, 1.54) is 5.56 Å². The average Bonchev–Trinajstić information content (AvgIpc) is 2.77. The number of H-pyrrole nitrogens is 1. The number of primary amides is 1. The molecule has 1 amide bonds. The number of benzene rings is 1. The number of nitrogens with one attached hydrogen (secondary N) is 1. The Hall–Kier alpha value is -2.10. The van der Waals surface area contributed by atoms with Crippen molar-refractivity contribution in [1.82, 2.24) is 9.97 Å². The van der Waals surface area contributed by atoms with Crippen LogP contribution in [0.1, 0.15) is 42.5 Å². The lowest BCUT2D eigenvalue weighted by Gasteiger charge is -2.20. The van der Waals surface area contributed by atoms with Crippen LogP contribution in [0.25, 0.3) is 11.3 Å². The van der Waals surface area contributed by atoms with Crippen molar-refractivity contribution in [2.24, 2.45) is 5.73 Å². The minimum atomic E-state index is -0.545. The Labute approximate surface area is 113 Å². The average molecular weight is 257 g/mol. The van der Waals surface area contributed by atoms with Gasteiger partial charge in [0.2, 0.25) is 0 Å². The molecule has 4 nitrogen and oxygen atoms in total. The minimum Gasteiger partial charge on any atom is -0.363 e. The molecule has 0 fully saturated rings. The lowest BCUT2D eigenvalue weighted by atomic mass is 9.85. The summed E-state index contributed by atoms with van der Waals surface area (Å²) in [5.41, 5.74) is 9.52. The summed E-state index contributed by atoms with van der Waals surface area (Å²) >= 11 is 0. The molecule has 0 aliphatic rings. The minimum absolute atomic E-state index is 0.0784. The Balaban J connectivity index is 2.51. The van der Waals surface area contributed by atoms with Crippen molar-refractivity contribution in [1.29, 1.82) is 0 Å². The molecule has 1 aromatic heterocycles. The number of amides is 1. The summed E-state index contributed by atoms with van der Waals surface area (Å²) in [6.07, 6.45) is 1.65. The zero-order valence-electron chi connectivity index (χ0n) is 11.7. The first-order valence-electron chi connectivity index (χ1n) is 6.25. The van der Waals surface area contributed by atoms with Gasteiger partial charge in [-0.1, -0.05) is 32.9 Å². The van der Waals surface area contributed by atoms with E-state index in [1.54, 1.807) is 6.20 Å². The maximum Gasteiger partial charge on any atom is 0.284 e. The zero-order chi connectivity index (χ0) is 14.2. The Kier molecular flexibility index (Phi) is 3.18. The van der Waals surface area contributed by atoms with Crippen LogP contribution >= 0.6 is 0 Å². The van der Waals surface area contributed by atoms with Gasteiger partial charge < -0.3 is 10.7 Å². The smallest absolute Gasteiger partial charge is 0.284 e. The number of hydrogen-bond acceptors (Lipinski definition) is 2. The highest BCUT2D eigenvalue weighted by molar-refractivity contribution is 5.89. The van der Waals surface area contributed by atoms with Gasteiger partial charge in [0.05, 0.1) is 11.9 Å². The van der Waals surface area contributed by atoms with Gasteiger partial charge in [0, 0.05) is 5.56 Å². The van der Waals surface area contributed by atoms with Crippen molar-refractivity contribution in [3.05, 3.63) is 41.3 Å². The maximum atomic E-state index is 11.1. The Morgan fingerprint density at radius 2 is 2.00 bits per heavy atom. The van der Waals surface area contributed by atoms with Gasteiger partial charge in [0.1, 0.15) is 0 Å². The van der Waals surface area contributed by atoms with Crippen LogP contribution in [0, 0.1) is 6.92 Å². The van der Waals surface area contributed by atoms with Crippen molar-refractivity contribution in [3.8, 4) is 11.3 Å². The van der Waals surface area contributed by atoms with Crippen LogP contribution in [0.5, 0.6) is 0 Å². The lowest BCUT2D eigenvalue weighted by molar-refractivity contribution is 0.0991. The highest BCUT2D eigenvalue weighted by Gasteiger charge is 2.16. The number of aromatic amines is 1. The topological polar surface area (TPSA) is 71.8 Å². The first kappa shape index (κ1) is 13.3. The fraction of sp³-hybridized carbons (Fsp3) is 0.333. The Morgan fingerprint density at radius 3 is 2.53 bits per heavy atom. The molecule has 2 rings (SSSR count). The fourth-order valence-corrected chi connectivity index (χ4v) is 1.96. The molecule has 1 aromatic carbocycles. The maximum absolute atomic E-state index is 11.1. The molecule has 0 aliphatic heterocycles. The van der Waals surface area contributed by atoms with Gasteiger partial charge in [0.25, 0.3) is 5.91 Å². The number of aromatic nitrogens is 2. The quantitative estimate of drug-likeness (QED) is 0.868. The van der Waals surface area contributed by atoms with Crippen LogP contribution < -0.4 is 5.73 Å². The second-order valence-corrected chi connectivity index (χ2v) is 5.79. The first-order valence-corrected chi connectivity index (χ1v) is 6.25. The molecule has 100 valence electrons. The van der Waals surface area contributed by atoms with Crippen LogP contribution in [0.4, 0.5) is 0 Å². The van der Waals surface area contributed by atoms with Crippen LogP contribution in [0.3, 0.4) is 0 Å². The van der Waals surface area contributed by atoms with Gasteiger partial charge in [-0.05, 0) is 29.5 Å². The molecule has 0 unspecified atom stereocenters. The molecule has 0 atom stereocenters. The number of nitrogens with two attached hydrogens (primary N) is 1. The molecular weight excluding hydrogens is 238 g/mol. The molecule has 0 aliphatic carbocycles. The monoisotopic (exact) mass is 257 g/mol. The second kappa shape index (κ2) is 4.53. The van der Waals surface area contributed by atoms with Crippen LogP contribution in [0.2, 0.25) is 0 Å². The summed E-state index contributed by atoms with van der Waals surface area (Å²) in [7, 11) is 0. The van der Waals surface area contributed by atoms with E-state index in [0.717, 1.165) is 16.8 Å². The van der Waals surface area contributed by atoms with E-state index >= 15 is 0 Å². The number of carbonyl (C=O) groups excluding carboxylic acids is 1. The number of rotatable bonds is 2. The van der Waals surface area contributed by atoms with E-state index in [0.29, 0.717) is 0 Å². The Morgan fingerprint density at radius 1 is 1.32 bits per heavy atom. The van der Waals surface area contributed by atoms with Crippen molar-refractivity contribution >= 4 is 5.91 Å². The first-order chi connectivity index (χ1) is 8.79. The molecule has 4 heteroatoms. The highest BCUT2D eigenvalue weighted by atomic mass is 16.1. The van der Waals surface area contributed by atoms with Crippen LogP contribution in [-0.4, -0.2) is 15.9 Å². The van der Waals surface area contributed by atoms with Crippen molar-refractivity contribution in [2.45, 2.75) is 33.1 Å². The number of nitrogens with zero attached hydrogens (tertiary/aromatic N) is 1. The van der Waals surface area contributed by atoms with Crippen LogP contribution in [-0.2, 0) is 5.41 Å². The van der Waals surface area contributed by atoms with Gasteiger partial charge in [-0.2, -0.15) is 0 Å². The number of aryl methyl sites for hydroxylation is 1. The fourth-order valence-electron chi connectivity index (χ4n) is 1.96. The summed E-state index contributed by atoms with van der Waals surface area (Å²) in [5.74, 6) is -0.355. The van der Waals surface area contributed by atoms with Gasteiger partial charge >= 0.3 is 0 Å². The third-order valence-corrected chi connectivity index (χ3v) is 3.20. The summed E-state index contributed by atoms with van der Waals surface area (Å²) < 4.78 is 0. The summed E-state index contributed by atoms with van der Waals surface area (Å²) in [6.45, 7) is 8.54. The normalized spacial score (nSPS) is 11.6. The van der Waals surface area contributed by atoms with E-state index in [2.05, 4.69) is 48.9 Å². The molecule has 0 bridgehead atoms. The molecule has 0 spiro atoms. The van der Waals surface area contributed by atoms with E-state index < -0.39 is 5.91 Å². The van der Waals surface area contributed by atoms with Crippen molar-refractivity contribution in [2.75, 3.05) is 0 Å². The van der Waals surface area contributed by atoms with E-state index in [9.17, 15) is 4.79 Å². The van der Waals surface area contributed by atoms with E-state index in [-0.39, 0.29) is 11.2 Å². The predicted molar refractivity (Wildman–Crippen MR) is 76.0 cm³/mol. The summed E-state index contributed by atoms with van der Waals surface area (Å²) in [4.78, 5) is 18.0. The molecular formula is C15H19N3O. The largest absolute Gasteiger partial charge is 0.363 e.